The summed E-state index contributed by atoms with van der Waals surface area (Å²) in [5, 5.41) is 8.86. The van der Waals surface area contributed by atoms with Crippen LogP contribution in [-0.2, 0) is 17.6 Å². The van der Waals surface area contributed by atoms with Gasteiger partial charge in [-0.25, -0.2) is 9.36 Å². The zero-order valence-electron chi connectivity index (χ0n) is 11.6. The Morgan fingerprint density at radius 2 is 1.76 bits per heavy atom. The molecule has 2 rings (SSSR count). The van der Waals surface area contributed by atoms with Gasteiger partial charge in [0.1, 0.15) is 0 Å². The van der Waals surface area contributed by atoms with Gasteiger partial charge in [-0.2, -0.15) is 0 Å². The minimum atomic E-state index is -1.27. The minimum absolute atomic E-state index is 0.395. The van der Waals surface area contributed by atoms with Gasteiger partial charge in [0.2, 0.25) is 0 Å². The molecule has 0 atom stereocenters. The van der Waals surface area contributed by atoms with Crippen LogP contribution < -0.4 is 5.56 Å². The molecule has 0 bridgehead atoms. The number of hydrogen-bond donors (Lipinski definition) is 1. The first-order valence-electron chi connectivity index (χ1n) is 6.74. The second-order valence-corrected chi connectivity index (χ2v) is 4.59. The van der Waals surface area contributed by atoms with Crippen LogP contribution in [0.5, 0.6) is 0 Å². The molecule has 5 nitrogen and oxygen atoms in total. The standard InChI is InChI=1S/C16H17NO4/c18-15-14(7-4-10-17(15)16(19)20)9-12-21-11-8-13-5-2-1-3-6-13/h1-7,10H,8-9,11-12H2,(H,19,20). The molecule has 1 aromatic heterocycles. The quantitative estimate of drug-likeness (QED) is 0.827. The smallest absolute Gasteiger partial charge is 0.418 e. The Morgan fingerprint density at radius 3 is 2.48 bits per heavy atom. The number of aromatic nitrogens is 1. The van der Waals surface area contributed by atoms with Gasteiger partial charge in [0.25, 0.3) is 5.56 Å². The van der Waals surface area contributed by atoms with E-state index in [1.165, 1.54) is 11.8 Å². The Hall–Kier alpha value is -2.40. The van der Waals surface area contributed by atoms with E-state index in [0.717, 1.165) is 6.42 Å². The zero-order chi connectivity index (χ0) is 15.1. The number of rotatable bonds is 6. The van der Waals surface area contributed by atoms with Gasteiger partial charge in [0.05, 0.1) is 13.2 Å². The molecule has 1 N–H and O–H groups in total. The first-order valence-corrected chi connectivity index (χ1v) is 6.74. The van der Waals surface area contributed by atoms with Gasteiger partial charge in [-0.05, 0) is 18.1 Å². The molecule has 0 fully saturated rings. The normalized spacial score (nSPS) is 10.5. The third-order valence-electron chi connectivity index (χ3n) is 3.13. The van der Waals surface area contributed by atoms with E-state index in [-0.39, 0.29) is 0 Å². The second-order valence-electron chi connectivity index (χ2n) is 4.59. The first kappa shape index (κ1) is 15.0. The summed E-state index contributed by atoms with van der Waals surface area (Å²) in [4.78, 5) is 22.7. The van der Waals surface area contributed by atoms with Crippen molar-refractivity contribution < 1.29 is 14.6 Å². The largest absolute Gasteiger partial charge is 0.464 e. The van der Waals surface area contributed by atoms with Gasteiger partial charge < -0.3 is 9.84 Å². The fourth-order valence-corrected chi connectivity index (χ4v) is 2.00. The lowest BCUT2D eigenvalue weighted by atomic mass is 10.2. The van der Waals surface area contributed by atoms with Gasteiger partial charge in [0, 0.05) is 18.2 Å². The van der Waals surface area contributed by atoms with Crippen LogP contribution in [0.1, 0.15) is 11.1 Å². The molecule has 0 aliphatic heterocycles. The van der Waals surface area contributed by atoms with Crippen LogP contribution in [0.25, 0.3) is 0 Å². The minimum Gasteiger partial charge on any atom is -0.464 e. The maximum Gasteiger partial charge on any atom is 0.418 e. The molecule has 0 aliphatic carbocycles. The third kappa shape index (κ3) is 4.29. The van der Waals surface area contributed by atoms with E-state index < -0.39 is 11.7 Å². The summed E-state index contributed by atoms with van der Waals surface area (Å²) < 4.78 is 6.18. The molecule has 0 saturated carbocycles. The molecule has 21 heavy (non-hydrogen) atoms. The molecule has 2 aromatic rings. The summed E-state index contributed by atoms with van der Waals surface area (Å²) in [6.07, 6.45) is 1.19. The summed E-state index contributed by atoms with van der Waals surface area (Å²) in [5.41, 5.74) is 1.14. The molecule has 0 spiro atoms. The predicted molar refractivity (Wildman–Crippen MR) is 78.8 cm³/mol. The fourth-order valence-electron chi connectivity index (χ4n) is 2.00. The van der Waals surface area contributed by atoms with Crippen molar-refractivity contribution in [2.45, 2.75) is 12.8 Å². The summed E-state index contributed by atoms with van der Waals surface area (Å²) in [5.74, 6) is 0. The number of nitrogens with zero attached hydrogens (tertiary/aromatic N) is 1. The highest BCUT2D eigenvalue weighted by molar-refractivity contribution is 5.67. The molecule has 1 heterocycles. The van der Waals surface area contributed by atoms with E-state index in [0.29, 0.717) is 29.8 Å². The lowest BCUT2D eigenvalue weighted by Crippen LogP contribution is -2.28. The Kier molecular flexibility index (Phi) is 5.29. The second kappa shape index (κ2) is 7.40. The molecule has 0 saturated heterocycles. The van der Waals surface area contributed by atoms with Crippen LogP contribution in [-0.4, -0.2) is 29.0 Å². The summed E-state index contributed by atoms with van der Waals surface area (Å²) in [6, 6.07) is 13.2. The molecule has 5 heteroatoms. The van der Waals surface area contributed by atoms with E-state index in [1.807, 2.05) is 30.3 Å². The van der Waals surface area contributed by atoms with Crippen LogP contribution in [0.4, 0.5) is 4.79 Å². The molecule has 0 amide bonds. The Balaban J connectivity index is 1.80. The SMILES string of the molecule is O=C(O)n1cccc(CCOCCc2ccccc2)c1=O. The molecule has 110 valence electrons. The van der Waals surface area contributed by atoms with Crippen LogP contribution in [0, 0.1) is 0 Å². The third-order valence-corrected chi connectivity index (χ3v) is 3.13. The highest BCUT2D eigenvalue weighted by atomic mass is 16.5. The Labute approximate surface area is 122 Å². The van der Waals surface area contributed by atoms with Gasteiger partial charge in [-0.1, -0.05) is 36.4 Å². The molecule has 1 aromatic carbocycles. The van der Waals surface area contributed by atoms with Crippen molar-refractivity contribution in [3.8, 4) is 0 Å². The number of pyridine rings is 1. The van der Waals surface area contributed by atoms with Gasteiger partial charge >= 0.3 is 6.09 Å². The number of hydrogen-bond acceptors (Lipinski definition) is 3. The average Bonchev–Trinajstić information content (AvgIpc) is 2.49. The van der Waals surface area contributed by atoms with Gasteiger partial charge in [-0.3, -0.25) is 4.79 Å². The summed E-state index contributed by atoms with van der Waals surface area (Å²) >= 11 is 0. The monoisotopic (exact) mass is 287 g/mol. The molecule has 0 radical (unpaired) electrons. The number of benzene rings is 1. The maximum atomic E-state index is 11.8. The van der Waals surface area contributed by atoms with Gasteiger partial charge in [-0.15, -0.1) is 0 Å². The van der Waals surface area contributed by atoms with Crippen LogP contribution in [0.3, 0.4) is 0 Å². The molecular weight excluding hydrogens is 270 g/mol. The number of carbonyl (C=O) groups is 1. The van der Waals surface area contributed by atoms with Crippen molar-refractivity contribution in [3.63, 3.8) is 0 Å². The lowest BCUT2D eigenvalue weighted by Gasteiger charge is -2.05. The predicted octanol–water partition coefficient (Wildman–Crippen LogP) is 2.18. The van der Waals surface area contributed by atoms with Crippen LogP contribution >= 0.6 is 0 Å². The molecular formula is C16H17NO4. The van der Waals surface area contributed by atoms with Crippen molar-refractivity contribution in [1.82, 2.24) is 4.57 Å². The first-order chi connectivity index (χ1) is 10.2. The van der Waals surface area contributed by atoms with Crippen molar-refractivity contribution in [1.29, 1.82) is 0 Å². The Bertz CT molecular complexity index is 649. The lowest BCUT2D eigenvalue weighted by molar-refractivity contribution is 0.140. The van der Waals surface area contributed by atoms with E-state index in [2.05, 4.69) is 0 Å². The van der Waals surface area contributed by atoms with Crippen molar-refractivity contribution in [3.05, 3.63) is 70.1 Å². The van der Waals surface area contributed by atoms with Crippen LogP contribution in [0.2, 0.25) is 0 Å². The van der Waals surface area contributed by atoms with Crippen molar-refractivity contribution in [2.75, 3.05) is 13.2 Å². The zero-order valence-corrected chi connectivity index (χ0v) is 11.6. The van der Waals surface area contributed by atoms with Crippen molar-refractivity contribution >= 4 is 6.09 Å². The highest BCUT2D eigenvalue weighted by Gasteiger charge is 2.07. The topological polar surface area (TPSA) is 68.5 Å². The molecule has 0 unspecified atom stereocenters. The summed E-state index contributed by atoms with van der Waals surface area (Å²) in [6.45, 7) is 0.968. The van der Waals surface area contributed by atoms with Gasteiger partial charge in [0.15, 0.2) is 0 Å². The van der Waals surface area contributed by atoms with E-state index in [4.69, 9.17) is 9.84 Å². The van der Waals surface area contributed by atoms with E-state index in [1.54, 1.807) is 12.1 Å². The van der Waals surface area contributed by atoms with E-state index >= 15 is 0 Å². The fraction of sp³-hybridized carbons (Fsp3) is 0.250. The van der Waals surface area contributed by atoms with Crippen LogP contribution in [0.15, 0.2) is 53.5 Å². The maximum absolute atomic E-state index is 11.8. The van der Waals surface area contributed by atoms with E-state index in [9.17, 15) is 9.59 Å². The highest BCUT2D eigenvalue weighted by Crippen LogP contribution is 2.00. The average molecular weight is 287 g/mol. The summed E-state index contributed by atoms with van der Waals surface area (Å²) in [7, 11) is 0. The Morgan fingerprint density at radius 1 is 1.05 bits per heavy atom. The molecule has 0 aliphatic rings. The van der Waals surface area contributed by atoms with Crippen molar-refractivity contribution in [2.24, 2.45) is 0 Å². The number of ether oxygens (including phenoxy) is 1. The number of carboxylic acid groups (broad SMARTS) is 1.